The molecule has 178 valence electrons. The van der Waals surface area contributed by atoms with Crippen molar-refractivity contribution in [2.24, 2.45) is 0 Å². The summed E-state index contributed by atoms with van der Waals surface area (Å²) in [6, 6.07) is 3.33. The van der Waals surface area contributed by atoms with Gasteiger partial charge in [0.15, 0.2) is 11.6 Å². The molecule has 0 atom stereocenters. The van der Waals surface area contributed by atoms with Crippen molar-refractivity contribution in [2.75, 3.05) is 28.6 Å². The molecule has 3 aromatic heterocycles. The lowest BCUT2D eigenvalue weighted by atomic mass is 10.1. The molecule has 0 aromatic carbocycles. The Hall–Kier alpha value is -4.03. The Labute approximate surface area is 192 Å². The van der Waals surface area contributed by atoms with Crippen LogP contribution in [0.15, 0.2) is 30.7 Å². The molecule has 4 heterocycles. The highest BCUT2D eigenvalue weighted by Gasteiger charge is 2.34. The van der Waals surface area contributed by atoms with Crippen molar-refractivity contribution >= 4 is 23.9 Å². The Kier molecular flexibility index (Phi) is 6.70. The lowest BCUT2D eigenvalue weighted by Crippen LogP contribution is -2.30. The first-order valence-electron chi connectivity index (χ1n) is 10.5. The van der Waals surface area contributed by atoms with Crippen molar-refractivity contribution < 1.29 is 22.7 Å². The molecule has 0 radical (unpaired) electrons. The second kappa shape index (κ2) is 9.85. The molecule has 1 aliphatic rings. The van der Waals surface area contributed by atoms with Crippen LogP contribution in [-0.2, 0) is 23.9 Å². The van der Waals surface area contributed by atoms with Crippen LogP contribution in [0.4, 0.5) is 30.6 Å². The molecule has 3 aromatic rings. The maximum atomic E-state index is 12.6. The van der Waals surface area contributed by atoms with E-state index in [4.69, 9.17) is 4.74 Å². The van der Waals surface area contributed by atoms with Gasteiger partial charge in [0.1, 0.15) is 5.69 Å². The number of pyridine rings is 1. The van der Waals surface area contributed by atoms with Crippen LogP contribution in [0.2, 0.25) is 0 Å². The van der Waals surface area contributed by atoms with Gasteiger partial charge in [-0.05, 0) is 25.3 Å². The number of carbonyl (C=O) groups excluding carboxylic acids is 1. The summed E-state index contributed by atoms with van der Waals surface area (Å²) in [5.41, 5.74) is 2.31. The van der Waals surface area contributed by atoms with E-state index in [1.54, 1.807) is 23.2 Å². The third kappa shape index (κ3) is 5.30. The summed E-state index contributed by atoms with van der Waals surface area (Å²) in [7, 11) is 0. The number of hydrogen-bond donors (Lipinski definition) is 2. The van der Waals surface area contributed by atoms with E-state index in [1.807, 2.05) is 6.92 Å². The Morgan fingerprint density at radius 2 is 1.91 bits per heavy atom. The van der Waals surface area contributed by atoms with Crippen molar-refractivity contribution in [2.45, 2.75) is 32.5 Å². The summed E-state index contributed by atoms with van der Waals surface area (Å²) in [5, 5.41) is 6.34. The number of nitrogens with one attached hydrogen (secondary N) is 2. The molecule has 0 fully saturated rings. The van der Waals surface area contributed by atoms with Gasteiger partial charge in [-0.1, -0.05) is 6.07 Å². The van der Waals surface area contributed by atoms with Crippen molar-refractivity contribution in [3.63, 3.8) is 0 Å². The van der Waals surface area contributed by atoms with Crippen LogP contribution in [0, 0.1) is 0 Å². The highest BCUT2D eigenvalue weighted by Crippen LogP contribution is 2.32. The van der Waals surface area contributed by atoms with E-state index in [0.717, 1.165) is 42.9 Å². The number of hydrogen-bond acceptors (Lipinski definition) is 9. The third-order valence-electron chi connectivity index (χ3n) is 4.88. The van der Waals surface area contributed by atoms with E-state index in [0.29, 0.717) is 37.1 Å². The van der Waals surface area contributed by atoms with Gasteiger partial charge in [-0.15, -0.1) is 0 Å². The van der Waals surface area contributed by atoms with Gasteiger partial charge >= 0.3 is 6.18 Å². The number of rotatable bonds is 8. The van der Waals surface area contributed by atoms with Crippen molar-refractivity contribution in [3.05, 3.63) is 47.8 Å². The number of ether oxygens (including phenoxy) is 1. The number of carbonyl (C=O) groups is 1. The lowest BCUT2D eigenvalue weighted by Gasteiger charge is -2.27. The smallest absolute Gasteiger partial charge is 0.436 e. The van der Waals surface area contributed by atoms with E-state index in [9.17, 15) is 18.0 Å². The van der Waals surface area contributed by atoms with Gasteiger partial charge in [-0.3, -0.25) is 4.79 Å². The minimum absolute atomic E-state index is 0.0363. The van der Waals surface area contributed by atoms with Crippen LogP contribution in [0.1, 0.15) is 30.4 Å². The highest BCUT2D eigenvalue weighted by atomic mass is 19.4. The standard InChI is InChI=1S/C21H21F3N8O2/c1-2-25-18-17-15(4-3-7-32(17)12-33)30-20(31-18)29-9-13-5-6-16(26-8-13)34-14-10-27-19(28-11-14)21(22,23)24/h5-6,8,10-12H,2-4,7,9H2,1H3,(H2,25,29,30,31). The zero-order valence-electron chi connectivity index (χ0n) is 18.1. The molecule has 0 bridgehead atoms. The Balaban J connectivity index is 1.41. The summed E-state index contributed by atoms with van der Waals surface area (Å²) in [4.78, 5) is 32.8. The summed E-state index contributed by atoms with van der Waals surface area (Å²) < 4.78 is 43.1. The molecular weight excluding hydrogens is 453 g/mol. The molecule has 0 unspecified atom stereocenters. The van der Waals surface area contributed by atoms with Crippen molar-refractivity contribution in [3.8, 4) is 11.6 Å². The first-order chi connectivity index (χ1) is 16.4. The molecule has 1 aliphatic heterocycles. The first-order valence-corrected chi connectivity index (χ1v) is 10.5. The minimum atomic E-state index is -4.62. The molecular formula is C21H21F3N8O2. The Morgan fingerprint density at radius 1 is 1.12 bits per heavy atom. The second-order valence-electron chi connectivity index (χ2n) is 7.32. The topological polar surface area (TPSA) is 118 Å². The fourth-order valence-electron chi connectivity index (χ4n) is 3.37. The molecule has 0 spiro atoms. The molecule has 0 saturated heterocycles. The van der Waals surface area contributed by atoms with Gasteiger partial charge in [0.05, 0.1) is 18.1 Å². The maximum Gasteiger partial charge on any atom is 0.451 e. The predicted octanol–water partition coefficient (Wildman–Crippen LogP) is 3.43. The molecule has 34 heavy (non-hydrogen) atoms. The molecule has 2 N–H and O–H groups in total. The minimum Gasteiger partial charge on any atom is -0.436 e. The molecule has 13 heteroatoms. The molecule has 0 saturated carbocycles. The monoisotopic (exact) mass is 474 g/mol. The molecule has 1 amide bonds. The summed E-state index contributed by atoms with van der Waals surface area (Å²) in [6.07, 6.45) is 1.18. The fourth-order valence-corrected chi connectivity index (χ4v) is 3.37. The van der Waals surface area contributed by atoms with Crippen LogP contribution < -0.4 is 20.3 Å². The summed E-state index contributed by atoms with van der Waals surface area (Å²) in [5.74, 6) is -0.00316. The zero-order valence-corrected chi connectivity index (χ0v) is 18.1. The largest absolute Gasteiger partial charge is 0.451 e. The number of alkyl halides is 3. The SMILES string of the molecule is CCNc1nc(NCc2ccc(Oc3cnc(C(F)(F)F)nc3)nc2)nc2c1N(C=O)CCC2. The number of fused-ring (bicyclic) bond motifs is 1. The third-order valence-corrected chi connectivity index (χ3v) is 4.88. The number of amides is 1. The van der Waals surface area contributed by atoms with E-state index >= 15 is 0 Å². The van der Waals surface area contributed by atoms with Crippen molar-refractivity contribution in [1.82, 2.24) is 24.9 Å². The number of aromatic nitrogens is 5. The van der Waals surface area contributed by atoms with Gasteiger partial charge in [-0.2, -0.15) is 18.2 Å². The molecule has 0 aliphatic carbocycles. The van der Waals surface area contributed by atoms with Gasteiger partial charge in [0.2, 0.25) is 24.1 Å². The van der Waals surface area contributed by atoms with Crippen LogP contribution in [-0.4, -0.2) is 44.4 Å². The van der Waals surface area contributed by atoms with Gasteiger partial charge in [-0.25, -0.2) is 19.9 Å². The number of anilines is 3. The number of aryl methyl sites for hydroxylation is 1. The van der Waals surface area contributed by atoms with Crippen LogP contribution in [0.3, 0.4) is 0 Å². The van der Waals surface area contributed by atoms with Gasteiger partial charge in [0, 0.05) is 31.9 Å². The highest BCUT2D eigenvalue weighted by molar-refractivity contribution is 5.84. The van der Waals surface area contributed by atoms with Crippen LogP contribution in [0.25, 0.3) is 0 Å². The van der Waals surface area contributed by atoms with E-state index < -0.39 is 12.0 Å². The van der Waals surface area contributed by atoms with E-state index in [-0.39, 0.29) is 11.6 Å². The molecule has 4 rings (SSSR count). The summed E-state index contributed by atoms with van der Waals surface area (Å²) in [6.45, 7) is 3.59. The van der Waals surface area contributed by atoms with E-state index in [2.05, 4.69) is 35.6 Å². The Morgan fingerprint density at radius 3 is 2.56 bits per heavy atom. The maximum absolute atomic E-state index is 12.6. The predicted molar refractivity (Wildman–Crippen MR) is 117 cm³/mol. The Bertz CT molecular complexity index is 1140. The normalized spacial score (nSPS) is 13.2. The number of nitrogens with zero attached hydrogens (tertiary/aromatic N) is 6. The second-order valence-corrected chi connectivity index (χ2v) is 7.32. The first kappa shape index (κ1) is 23.1. The van der Waals surface area contributed by atoms with Crippen LogP contribution in [0.5, 0.6) is 11.6 Å². The molecule has 10 nitrogen and oxygen atoms in total. The average Bonchev–Trinajstić information content (AvgIpc) is 2.83. The lowest BCUT2D eigenvalue weighted by molar-refractivity contribution is -0.145. The van der Waals surface area contributed by atoms with E-state index in [1.165, 1.54) is 0 Å². The zero-order chi connectivity index (χ0) is 24.1. The van der Waals surface area contributed by atoms with Gasteiger partial charge < -0.3 is 20.3 Å². The average molecular weight is 474 g/mol. The van der Waals surface area contributed by atoms with Gasteiger partial charge in [0.25, 0.3) is 0 Å². The quantitative estimate of drug-likeness (QED) is 0.474. The van der Waals surface area contributed by atoms with Crippen LogP contribution >= 0.6 is 0 Å². The fraction of sp³-hybridized carbons (Fsp3) is 0.333. The van der Waals surface area contributed by atoms with Crippen molar-refractivity contribution in [1.29, 1.82) is 0 Å². The summed E-state index contributed by atoms with van der Waals surface area (Å²) >= 11 is 0. The number of halogens is 3.